The minimum absolute atomic E-state index is 0.0578. The van der Waals surface area contributed by atoms with Gasteiger partial charge in [0.05, 0.1) is 18.8 Å². The first-order valence-electron chi connectivity index (χ1n) is 9.68. The molecule has 144 valence electrons. The minimum Gasteiger partial charge on any atom is -0.459 e. The number of ether oxygens (including phenoxy) is 3. The predicted molar refractivity (Wildman–Crippen MR) is 101 cm³/mol. The van der Waals surface area contributed by atoms with E-state index in [-0.39, 0.29) is 22.9 Å². The second-order valence-electron chi connectivity index (χ2n) is 9.58. The highest BCUT2D eigenvalue weighted by Gasteiger charge is 2.43. The summed E-state index contributed by atoms with van der Waals surface area (Å²) in [7, 11) is 0. The molecule has 1 saturated heterocycles. The standard InChI is InChI=1S/C22H32O4/c1-20(2,3)17-8-6-16(7-9-17)19(23)26-18-10-12-22(13-11-18)24-14-21(4,5)15-25-22/h6-9,18H,10-15H2,1-5H3. The lowest BCUT2D eigenvalue weighted by Gasteiger charge is -2.46. The molecule has 0 N–H and O–H groups in total. The van der Waals surface area contributed by atoms with E-state index in [1.165, 1.54) is 5.56 Å². The van der Waals surface area contributed by atoms with Gasteiger partial charge in [0.25, 0.3) is 0 Å². The summed E-state index contributed by atoms with van der Waals surface area (Å²) in [5.41, 5.74) is 1.98. The number of carbonyl (C=O) groups excluding carboxylic acids is 1. The quantitative estimate of drug-likeness (QED) is 0.707. The lowest BCUT2D eigenvalue weighted by atomic mass is 9.86. The zero-order valence-electron chi connectivity index (χ0n) is 16.8. The summed E-state index contributed by atoms with van der Waals surface area (Å²) in [6.07, 6.45) is 3.07. The highest BCUT2D eigenvalue weighted by Crippen LogP contribution is 2.40. The summed E-state index contributed by atoms with van der Waals surface area (Å²) in [6.45, 7) is 12.2. The Labute approximate surface area is 157 Å². The molecule has 4 heteroatoms. The second-order valence-corrected chi connectivity index (χ2v) is 9.58. The van der Waals surface area contributed by atoms with Crippen molar-refractivity contribution in [2.75, 3.05) is 13.2 Å². The van der Waals surface area contributed by atoms with Crippen molar-refractivity contribution in [3.8, 4) is 0 Å². The summed E-state index contributed by atoms with van der Waals surface area (Å²) in [4.78, 5) is 12.4. The Morgan fingerprint density at radius 2 is 1.58 bits per heavy atom. The van der Waals surface area contributed by atoms with Crippen molar-refractivity contribution in [1.82, 2.24) is 0 Å². The Morgan fingerprint density at radius 3 is 2.08 bits per heavy atom. The normalized spacial score (nSPS) is 23.0. The third-order valence-electron chi connectivity index (χ3n) is 5.41. The minimum atomic E-state index is -0.465. The smallest absolute Gasteiger partial charge is 0.338 e. The molecule has 0 radical (unpaired) electrons. The molecule has 1 heterocycles. The van der Waals surface area contributed by atoms with E-state index >= 15 is 0 Å². The maximum Gasteiger partial charge on any atom is 0.338 e. The lowest BCUT2D eigenvalue weighted by molar-refractivity contribution is -0.313. The van der Waals surface area contributed by atoms with Crippen LogP contribution in [-0.2, 0) is 19.6 Å². The van der Waals surface area contributed by atoms with Gasteiger partial charge in [0, 0.05) is 18.3 Å². The van der Waals surface area contributed by atoms with Crippen molar-refractivity contribution in [1.29, 1.82) is 0 Å². The van der Waals surface area contributed by atoms with E-state index in [2.05, 4.69) is 34.6 Å². The van der Waals surface area contributed by atoms with E-state index in [1.807, 2.05) is 24.3 Å². The number of hydrogen-bond acceptors (Lipinski definition) is 4. The van der Waals surface area contributed by atoms with E-state index in [0.29, 0.717) is 5.56 Å². The summed E-state index contributed by atoms with van der Waals surface area (Å²) in [5, 5.41) is 0. The van der Waals surface area contributed by atoms with Gasteiger partial charge in [0.1, 0.15) is 6.10 Å². The van der Waals surface area contributed by atoms with Crippen molar-refractivity contribution in [3.05, 3.63) is 35.4 Å². The third kappa shape index (κ3) is 4.47. The molecule has 0 aromatic heterocycles. The van der Waals surface area contributed by atoms with Crippen LogP contribution in [0.1, 0.15) is 76.2 Å². The molecule has 0 bridgehead atoms. The van der Waals surface area contributed by atoms with E-state index in [9.17, 15) is 4.79 Å². The molecule has 1 aliphatic heterocycles. The number of rotatable bonds is 2. The SMILES string of the molecule is CC1(C)COC2(CCC(OC(=O)c3ccc(C(C)(C)C)cc3)CC2)OC1. The predicted octanol–water partition coefficient (Wildman–Crippen LogP) is 4.85. The van der Waals surface area contributed by atoms with Crippen LogP contribution in [-0.4, -0.2) is 31.1 Å². The van der Waals surface area contributed by atoms with Crippen LogP contribution in [0.2, 0.25) is 0 Å². The highest BCUT2D eigenvalue weighted by atomic mass is 16.7. The first kappa shape index (κ1) is 19.4. The van der Waals surface area contributed by atoms with Gasteiger partial charge < -0.3 is 14.2 Å². The Bertz CT molecular complexity index is 619. The molecule has 1 aromatic carbocycles. The van der Waals surface area contributed by atoms with E-state index in [0.717, 1.165) is 38.9 Å². The Morgan fingerprint density at radius 1 is 1.04 bits per heavy atom. The van der Waals surface area contributed by atoms with Crippen molar-refractivity contribution >= 4 is 5.97 Å². The van der Waals surface area contributed by atoms with Gasteiger partial charge in [0.2, 0.25) is 0 Å². The summed E-state index contributed by atoms with van der Waals surface area (Å²) in [5.74, 6) is -0.703. The van der Waals surface area contributed by atoms with Crippen LogP contribution in [0.15, 0.2) is 24.3 Å². The monoisotopic (exact) mass is 360 g/mol. The molecule has 2 fully saturated rings. The molecule has 26 heavy (non-hydrogen) atoms. The van der Waals surface area contributed by atoms with Crippen LogP contribution in [0.3, 0.4) is 0 Å². The first-order valence-corrected chi connectivity index (χ1v) is 9.68. The molecule has 0 amide bonds. The van der Waals surface area contributed by atoms with E-state index in [4.69, 9.17) is 14.2 Å². The Hall–Kier alpha value is -1.39. The number of hydrogen-bond donors (Lipinski definition) is 0. The van der Waals surface area contributed by atoms with Crippen molar-refractivity contribution in [3.63, 3.8) is 0 Å². The van der Waals surface area contributed by atoms with Gasteiger partial charge in [-0.2, -0.15) is 0 Å². The second kappa shape index (κ2) is 6.97. The summed E-state index contributed by atoms with van der Waals surface area (Å²) >= 11 is 0. The maximum atomic E-state index is 12.4. The number of esters is 1. The van der Waals surface area contributed by atoms with Gasteiger partial charge in [-0.05, 0) is 36.0 Å². The fourth-order valence-corrected chi connectivity index (χ4v) is 3.50. The van der Waals surface area contributed by atoms with Crippen molar-refractivity contribution in [2.24, 2.45) is 5.41 Å². The fraction of sp³-hybridized carbons (Fsp3) is 0.682. The van der Waals surface area contributed by atoms with Gasteiger partial charge in [-0.25, -0.2) is 4.79 Å². The molecule has 1 aliphatic carbocycles. The third-order valence-corrected chi connectivity index (χ3v) is 5.41. The van der Waals surface area contributed by atoms with Gasteiger partial charge in [-0.15, -0.1) is 0 Å². The molecule has 3 rings (SSSR count). The summed E-state index contributed by atoms with van der Waals surface area (Å²) < 4.78 is 17.8. The van der Waals surface area contributed by atoms with E-state index < -0.39 is 5.79 Å². The molecule has 1 aromatic rings. The van der Waals surface area contributed by atoms with E-state index in [1.54, 1.807) is 0 Å². The average Bonchev–Trinajstić information content (AvgIpc) is 2.59. The van der Waals surface area contributed by atoms with Crippen LogP contribution in [0, 0.1) is 5.41 Å². The van der Waals surface area contributed by atoms with Crippen molar-refractivity contribution in [2.45, 2.75) is 77.6 Å². The molecule has 1 saturated carbocycles. The van der Waals surface area contributed by atoms with Gasteiger partial charge in [-0.3, -0.25) is 0 Å². The largest absolute Gasteiger partial charge is 0.459 e. The van der Waals surface area contributed by atoms with Crippen LogP contribution in [0.4, 0.5) is 0 Å². The first-order chi connectivity index (χ1) is 12.1. The van der Waals surface area contributed by atoms with Gasteiger partial charge in [0.15, 0.2) is 5.79 Å². The fourth-order valence-electron chi connectivity index (χ4n) is 3.50. The Kier molecular flexibility index (Phi) is 5.19. The number of benzene rings is 1. The van der Waals surface area contributed by atoms with Crippen molar-refractivity contribution < 1.29 is 19.0 Å². The highest BCUT2D eigenvalue weighted by molar-refractivity contribution is 5.89. The maximum absolute atomic E-state index is 12.4. The molecule has 2 aliphatic rings. The molecular formula is C22H32O4. The van der Waals surface area contributed by atoms with Crippen LogP contribution in [0.5, 0.6) is 0 Å². The topological polar surface area (TPSA) is 44.8 Å². The molecule has 0 atom stereocenters. The Balaban J connectivity index is 1.52. The number of carbonyl (C=O) groups is 1. The van der Waals surface area contributed by atoms with Gasteiger partial charge in [-0.1, -0.05) is 46.8 Å². The van der Waals surface area contributed by atoms with Crippen LogP contribution < -0.4 is 0 Å². The molecule has 0 unspecified atom stereocenters. The average molecular weight is 360 g/mol. The molecule has 1 spiro atoms. The van der Waals surface area contributed by atoms with Crippen LogP contribution >= 0.6 is 0 Å². The summed E-state index contributed by atoms with van der Waals surface area (Å²) in [6, 6.07) is 7.75. The molecular weight excluding hydrogens is 328 g/mol. The van der Waals surface area contributed by atoms with Crippen LogP contribution in [0.25, 0.3) is 0 Å². The zero-order chi connectivity index (χ0) is 19.0. The van der Waals surface area contributed by atoms with Gasteiger partial charge >= 0.3 is 5.97 Å². The zero-order valence-corrected chi connectivity index (χ0v) is 16.8. The molecule has 4 nitrogen and oxygen atoms in total. The lowest BCUT2D eigenvalue weighted by Crippen LogP contribution is -2.50.